The van der Waals surface area contributed by atoms with Crippen molar-refractivity contribution in [1.82, 2.24) is 9.55 Å². The van der Waals surface area contributed by atoms with Crippen molar-refractivity contribution >= 4 is 11.0 Å². The molecule has 6 heteroatoms. The Labute approximate surface area is 138 Å². The van der Waals surface area contributed by atoms with Crippen LogP contribution in [0.5, 0.6) is 11.5 Å². The second-order valence-corrected chi connectivity index (χ2v) is 6.28. The molecule has 1 aromatic heterocycles. The summed E-state index contributed by atoms with van der Waals surface area (Å²) in [7, 11) is 0. The lowest BCUT2D eigenvalue weighted by Crippen LogP contribution is -2.52. The van der Waals surface area contributed by atoms with Gasteiger partial charge < -0.3 is 19.1 Å². The first-order chi connectivity index (χ1) is 11.5. The predicted molar refractivity (Wildman–Crippen MR) is 86.7 cm³/mol. The average molecular weight is 328 g/mol. The van der Waals surface area contributed by atoms with Gasteiger partial charge >= 0.3 is 0 Å². The SMILES string of the molecule is Cc1ccc(Oc2ccc3ncn(CC4(O)COC4)c3c2)c(F)c1. The van der Waals surface area contributed by atoms with Crippen LogP contribution in [0.1, 0.15) is 5.56 Å². The maximum absolute atomic E-state index is 14.0. The molecule has 0 bridgehead atoms. The first-order valence-corrected chi connectivity index (χ1v) is 7.71. The van der Waals surface area contributed by atoms with Crippen molar-refractivity contribution in [2.45, 2.75) is 19.1 Å². The minimum atomic E-state index is -0.854. The van der Waals surface area contributed by atoms with Gasteiger partial charge in [0.05, 0.1) is 37.1 Å². The summed E-state index contributed by atoms with van der Waals surface area (Å²) in [6, 6.07) is 10.2. The van der Waals surface area contributed by atoms with Gasteiger partial charge in [-0.15, -0.1) is 0 Å². The zero-order chi connectivity index (χ0) is 16.7. The van der Waals surface area contributed by atoms with Gasteiger partial charge in [-0.25, -0.2) is 9.37 Å². The van der Waals surface area contributed by atoms with Gasteiger partial charge in [0, 0.05) is 6.07 Å². The second-order valence-electron chi connectivity index (χ2n) is 6.28. The van der Waals surface area contributed by atoms with E-state index in [0.717, 1.165) is 16.6 Å². The lowest BCUT2D eigenvalue weighted by Gasteiger charge is -2.36. The molecule has 0 saturated carbocycles. The summed E-state index contributed by atoms with van der Waals surface area (Å²) < 4.78 is 26.6. The van der Waals surface area contributed by atoms with Crippen LogP contribution in [-0.4, -0.2) is 33.5 Å². The van der Waals surface area contributed by atoms with Gasteiger partial charge in [0.15, 0.2) is 11.6 Å². The van der Waals surface area contributed by atoms with E-state index in [1.54, 1.807) is 30.6 Å². The van der Waals surface area contributed by atoms with Crippen molar-refractivity contribution in [2.24, 2.45) is 0 Å². The average Bonchev–Trinajstić information content (AvgIpc) is 2.91. The number of fused-ring (bicyclic) bond motifs is 1. The number of halogens is 1. The molecule has 2 aromatic carbocycles. The van der Waals surface area contributed by atoms with Crippen LogP contribution in [0.25, 0.3) is 11.0 Å². The Hall–Kier alpha value is -2.44. The molecule has 4 rings (SSSR count). The molecule has 0 aliphatic carbocycles. The topological polar surface area (TPSA) is 56.5 Å². The van der Waals surface area contributed by atoms with Crippen molar-refractivity contribution in [3.05, 3.63) is 54.1 Å². The number of imidazole rings is 1. The molecular weight excluding hydrogens is 311 g/mol. The molecule has 0 unspecified atom stereocenters. The summed E-state index contributed by atoms with van der Waals surface area (Å²) in [5.41, 5.74) is 1.59. The van der Waals surface area contributed by atoms with Gasteiger partial charge in [0.2, 0.25) is 0 Å². The number of hydrogen-bond acceptors (Lipinski definition) is 4. The van der Waals surface area contributed by atoms with Gasteiger partial charge in [0.25, 0.3) is 0 Å². The summed E-state index contributed by atoms with van der Waals surface area (Å²) in [4.78, 5) is 4.32. The van der Waals surface area contributed by atoms with Crippen molar-refractivity contribution in [3.63, 3.8) is 0 Å². The first kappa shape index (κ1) is 15.1. The van der Waals surface area contributed by atoms with E-state index >= 15 is 0 Å². The van der Waals surface area contributed by atoms with Gasteiger partial charge in [-0.1, -0.05) is 6.07 Å². The Morgan fingerprint density at radius 1 is 1.29 bits per heavy atom. The second kappa shape index (κ2) is 5.58. The van der Waals surface area contributed by atoms with E-state index in [2.05, 4.69) is 4.98 Å². The number of hydrogen-bond donors (Lipinski definition) is 1. The Morgan fingerprint density at radius 3 is 2.83 bits per heavy atom. The van der Waals surface area contributed by atoms with E-state index in [0.29, 0.717) is 25.5 Å². The quantitative estimate of drug-likeness (QED) is 0.800. The standard InChI is InChI=1S/C18H17FN2O3/c1-12-2-5-17(14(19)6-12)24-13-3-4-15-16(7-13)21(11-20-15)8-18(22)9-23-10-18/h2-7,11,22H,8-10H2,1H3. The van der Waals surface area contributed by atoms with E-state index in [9.17, 15) is 9.50 Å². The molecule has 0 atom stereocenters. The molecule has 124 valence electrons. The molecule has 0 amide bonds. The predicted octanol–water partition coefficient (Wildman–Crippen LogP) is 3.04. The lowest BCUT2D eigenvalue weighted by molar-refractivity contribution is -0.184. The number of ether oxygens (including phenoxy) is 2. The maximum atomic E-state index is 14.0. The Balaban J connectivity index is 1.64. The van der Waals surface area contributed by atoms with Crippen LogP contribution in [0, 0.1) is 12.7 Å². The molecular formula is C18H17FN2O3. The van der Waals surface area contributed by atoms with E-state index in [1.807, 2.05) is 17.6 Å². The van der Waals surface area contributed by atoms with Crippen LogP contribution in [0.4, 0.5) is 4.39 Å². The number of nitrogens with zero attached hydrogens (tertiary/aromatic N) is 2. The fourth-order valence-corrected chi connectivity index (χ4v) is 2.79. The molecule has 1 aliphatic rings. The third kappa shape index (κ3) is 2.74. The molecule has 1 aliphatic heterocycles. The highest BCUT2D eigenvalue weighted by Crippen LogP contribution is 2.29. The van der Waals surface area contributed by atoms with E-state index < -0.39 is 11.4 Å². The fourth-order valence-electron chi connectivity index (χ4n) is 2.79. The summed E-state index contributed by atoms with van der Waals surface area (Å²) in [6.45, 7) is 2.85. The molecule has 1 fully saturated rings. The van der Waals surface area contributed by atoms with E-state index in [1.165, 1.54) is 6.07 Å². The summed E-state index contributed by atoms with van der Waals surface area (Å²) in [6.07, 6.45) is 1.68. The zero-order valence-corrected chi connectivity index (χ0v) is 13.2. The van der Waals surface area contributed by atoms with Crippen LogP contribution in [0.2, 0.25) is 0 Å². The smallest absolute Gasteiger partial charge is 0.165 e. The highest BCUT2D eigenvalue weighted by atomic mass is 19.1. The van der Waals surface area contributed by atoms with Gasteiger partial charge in [-0.05, 0) is 36.8 Å². The van der Waals surface area contributed by atoms with E-state index in [4.69, 9.17) is 9.47 Å². The largest absolute Gasteiger partial charge is 0.454 e. The van der Waals surface area contributed by atoms with Crippen molar-refractivity contribution in [1.29, 1.82) is 0 Å². The van der Waals surface area contributed by atoms with Gasteiger partial charge in [-0.2, -0.15) is 0 Å². The van der Waals surface area contributed by atoms with Crippen LogP contribution in [0.15, 0.2) is 42.7 Å². The van der Waals surface area contributed by atoms with Gasteiger partial charge in [0.1, 0.15) is 11.4 Å². The molecule has 24 heavy (non-hydrogen) atoms. The number of aromatic nitrogens is 2. The van der Waals surface area contributed by atoms with Crippen LogP contribution in [-0.2, 0) is 11.3 Å². The third-order valence-electron chi connectivity index (χ3n) is 4.11. The van der Waals surface area contributed by atoms with Crippen molar-refractivity contribution in [2.75, 3.05) is 13.2 Å². The van der Waals surface area contributed by atoms with Crippen LogP contribution < -0.4 is 4.74 Å². The highest BCUT2D eigenvalue weighted by Gasteiger charge is 2.36. The van der Waals surface area contributed by atoms with Crippen LogP contribution >= 0.6 is 0 Å². The summed E-state index contributed by atoms with van der Waals surface area (Å²) >= 11 is 0. The Kier molecular flexibility index (Phi) is 3.51. The monoisotopic (exact) mass is 328 g/mol. The molecule has 1 saturated heterocycles. The Bertz CT molecular complexity index is 902. The molecule has 0 radical (unpaired) electrons. The molecule has 3 aromatic rings. The number of aliphatic hydroxyl groups is 1. The van der Waals surface area contributed by atoms with Crippen molar-refractivity contribution in [3.8, 4) is 11.5 Å². The molecule has 2 heterocycles. The van der Waals surface area contributed by atoms with Gasteiger partial charge in [-0.3, -0.25) is 0 Å². The lowest BCUT2D eigenvalue weighted by atomic mass is 10.0. The maximum Gasteiger partial charge on any atom is 0.165 e. The van der Waals surface area contributed by atoms with Crippen molar-refractivity contribution < 1.29 is 19.0 Å². The number of benzene rings is 2. The number of aryl methyl sites for hydroxylation is 1. The number of rotatable bonds is 4. The highest BCUT2D eigenvalue weighted by molar-refractivity contribution is 5.77. The third-order valence-corrected chi connectivity index (χ3v) is 4.11. The molecule has 1 N–H and O–H groups in total. The fraction of sp³-hybridized carbons (Fsp3) is 0.278. The normalized spacial score (nSPS) is 16.1. The zero-order valence-electron chi connectivity index (χ0n) is 13.2. The van der Waals surface area contributed by atoms with E-state index in [-0.39, 0.29) is 5.75 Å². The molecule has 5 nitrogen and oxygen atoms in total. The van der Waals surface area contributed by atoms with Crippen LogP contribution in [0.3, 0.4) is 0 Å². The minimum Gasteiger partial charge on any atom is -0.454 e. The molecule has 0 spiro atoms. The Morgan fingerprint density at radius 2 is 2.12 bits per heavy atom. The first-order valence-electron chi connectivity index (χ1n) is 7.71. The summed E-state index contributed by atoms with van der Waals surface area (Å²) in [5, 5.41) is 10.3. The summed E-state index contributed by atoms with van der Waals surface area (Å²) in [5.74, 6) is 0.297. The minimum absolute atomic E-state index is 0.178.